The summed E-state index contributed by atoms with van der Waals surface area (Å²) >= 11 is 1.92. The molecule has 2 atom stereocenters. The number of rotatable bonds is 6. The van der Waals surface area contributed by atoms with Gasteiger partial charge in [-0.05, 0) is 332 Å². The number of likely N-dealkylation sites (tertiary alicyclic amines) is 3. The Hall–Kier alpha value is -6.30. The highest BCUT2D eigenvalue weighted by Crippen LogP contribution is 2.41. The van der Waals surface area contributed by atoms with E-state index in [4.69, 9.17) is 0 Å². The quantitative estimate of drug-likeness (QED) is 0.125. The number of hydrogen-bond acceptors (Lipinski definition) is 10. The van der Waals surface area contributed by atoms with Gasteiger partial charge in [-0.3, -0.25) is 29.5 Å². The molecule has 16 rings (SSSR count). The number of carbonyl (C=O) groups is 1. The molecule has 12 heteroatoms. The summed E-state index contributed by atoms with van der Waals surface area (Å²) in [6.45, 7) is 87.0. The Morgan fingerprint density at radius 1 is 0.460 bits per heavy atom. The molecule has 768 valence electrons. The monoisotopic (exact) mass is 1900 g/mol. The van der Waals surface area contributed by atoms with Crippen molar-refractivity contribution in [1.82, 2.24) is 49.8 Å². The first-order chi connectivity index (χ1) is 63.7. The van der Waals surface area contributed by atoms with Crippen LogP contribution in [0.2, 0.25) is 0 Å². The summed E-state index contributed by atoms with van der Waals surface area (Å²) in [4.78, 5) is 36.7. The van der Waals surface area contributed by atoms with Gasteiger partial charge >= 0.3 is 0 Å². The van der Waals surface area contributed by atoms with Gasteiger partial charge in [0.1, 0.15) is 0 Å². The highest BCUT2D eigenvalue weighted by Gasteiger charge is 2.39. The molecule has 11 nitrogen and oxygen atoms in total. The summed E-state index contributed by atoms with van der Waals surface area (Å²) in [5.74, 6) is 9.92. The van der Waals surface area contributed by atoms with E-state index < -0.39 is 0 Å². The molecule has 2 unspecified atom stereocenters. The van der Waals surface area contributed by atoms with Crippen LogP contribution in [0.3, 0.4) is 0 Å². The van der Waals surface area contributed by atoms with Gasteiger partial charge < -0.3 is 20.1 Å². The largest absolute Gasteiger partial charge is 0.349 e. The molecular weight excluding hydrogens is 1690 g/mol. The number of benzene rings is 3. The molecule has 137 heavy (non-hydrogen) atoms. The lowest BCUT2D eigenvalue weighted by Gasteiger charge is -2.48. The van der Waals surface area contributed by atoms with Gasteiger partial charge in [0.2, 0.25) is 5.91 Å². The van der Waals surface area contributed by atoms with Gasteiger partial charge in [-0.25, -0.2) is 4.98 Å². The average molecular weight is 1900 g/mol. The third kappa shape index (κ3) is 49.5. The van der Waals surface area contributed by atoms with Crippen molar-refractivity contribution in [3.05, 3.63) is 195 Å². The van der Waals surface area contributed by atoms with E-state index in [2.05, 4.69) is 401 Å². The van der Waals surface area contributed by atoms with Crippen molar-refractivity contribution in [1.29, 1.82) is 0 Å². The van der Waals surface area contributed by atoms with Gasteiger partial charge in [0, 0.05) is 144 Å². The number of hydrogen-bond donors (Lipinski definition) is 2. The van der Waals surface area contributed by atoms with Crippen molar-refractivity contribution in [2.45, 2.75) is 461 Å². The molecule has 3 aromatic carbocycles. The van der Waals surface area contributed by atoms with E-state index in [1.54, 1.807) is 10.5 Å². The van der Waals surface area contributed by atoms with E-state index in [1.807, 2.05) is 46.8 Å². The third-order valence-corrected chi connectivity index (χ3v) is 28.9. The van der Waals surface area contributed by atoms with Crippen LogP contribution >= 0.6 is 11.3 Å². The van der Waals surface area contributed by atoms with Crippen LogP contribution in [0.15, 0.2) is 152 Å². The molecule has 0 radical (unpaired) electrons. The third-order valence-electron chi connectivity index (χ3n) is 27.3. The maximum Gasteiger partial charge on any atom is 0.223 e. The number of nitrogens with zero attached hydrogens (tertiary/aromatic N) is 8. The lowest BCUT2D eigenvalue weighted by atomic mass is 9.79. The Morgan fingerprint density at radius 3 is 1.51 bits per heavy atom. The number of thiazole rings is 1. The Bertz CT molecular complexity index is 4490. The maximum atomic E-state index is 11.7. The van der Waals surface area contributed by atoms with Crippen LogP contribution in [0.25, 0.3) is 10.9 Å². The van der Waals surface area contributed by atoms with Gasteiger partial charge in [-0.1, -0.05) is 284 Å². The molecule has 1 amide bonds. The standard InChI is InChI=1S/C13H16N2.C13H26N2.C12H23N.C12H20.C11H18N2.C11H21NO.C11H17N.2C11H16.C10H15NS.C10H18/c1-13(2,3)9-11-12-10(6-8-14-11)5-4-7-15-12;1-12(2,3)15-10-7-13(8-11-15)6-4-5-9-14-13;1-12(2,3)13-8-7-10-5-4-6-11(10)9-13;1-12(2,3)10-9-11-7-5-4-6-8-11;1-11(2,3)13-8-7-12-6-4-5-10(12)9-13;1-11(2,3)9-10(13)12-7-5-4-6-8-12;1-11(2,3)12-9-10-7-5-4-6-8-10;2*1-11(2,3)9-10-7-5-4-6-8-10;1-10(2,3)9-11-7-5-4-6-8(7)12-9;1-10(2,3)9-7-5-4-6-8-9/h4-8H,9H2,1-3H3;14H,4-11H2,1-3H3;10-11H,4-9H2,1-3H3;11H,4-8H2,1-3H3;4-6H,7-9H2,1-3H3;4-9H2,1-3H3;4-8,12H,9H2,1-3H3;2*4-8H,9H2,1-3H3;4-6H2,1-3H3;7H,4-6,8H2,1-3H3. The molecule has 5 aliphatic heterocycles. The Balaban J connectivity index is 0.000000232. The van der Waals surface area contributed by atoms with Gasteiger partial charge in [0.25, 0.3) is 0 Å². The second-order valence-corrected chi connectivity index (χ2v) is 54.4. The molecule has 0 bridgehead atoms. The maximum absolute atomic E-state index is 11.7. The van der Waals surface area contributed by atoms with Gasteiger partial charge in [-0.2, -0.15) is 0 Å². The number of carbonyl (C=O) groups excluding carboxylic acids is 1. The Labute approximate surface area is 847 Å². The summed E-state index contributed by atoms with van der Waals surface area (Å²) in [5, 5.41) is 9.70. The predicted octanol–water partition coefficient (Wildman–Crippen LogP) is 32.3. The zero-order valence-corrected chi connectivity index (χ0v) is 95.4. The van der Waals surface area contributed by atoms with Crippen molar-refractivity contribution < 1.29 is 4.79 Å². The predicted molar refractivity (Wildman–Crippen MR) is 599 cm³/mol. The first-order valence-electron chi connectivity index (χ1n) is 54.4. The van der Waals surface area contributed by atoms with E-state index in [1.165, 1.54) is 232 Å². The molecule has 9 heterocycles. The smallest absolute Gasteiger partial charge is 0.223 e. The molecule has 4 aromatic heterocycles. The van der Waals surface area contributed by atoms with Crippen LogP contribution < -0.4 is 10.6 Å². The van der Waals surface area contributed by atoms with E-state index in [9.17, 15) is 4.79 Å². The average Bonchev–Trinajstić information content (AvgIpc) is 1.65. The van der Waals surface area contributed by atoms with Crippen LogP contribution in [-0.2, 0) is 61.9 Å². The van der Waals surface area contributed by atoms with E-state index in [0.29, 0.717) is 56.6 Å². The fraction of sp³-hybridized carbons (Fsp3) is 0.696. The SMILES string of the molecule is CC(C)(C)C#CC1CCCCC1.CC(C)(C)C1=CCCCC1.CC(C)(C)CC(=O)N1CCCCC1.CC(C)(C)Cc1ccccc1.CC(C)(C)Cc1ccccc1.CC(C)(C)Cc1nccc2cccnc12.CC(C)(C)N1CCC2(CCCCN2)CC1.CC(C)(C)N1CCC2CCCC2C1.CC(C)(C)N1CCn2cccc2C1.CC(C)(C)NCc1ccccc1.CC(C)(C)c1nc2c(s1)CCC2. The minimum atomic E-state index is 0.133. The van der Waals surface area contributed by atoms with Crippen molar-refractivity contribution in [3.63, 3.8) is 0 Å². The fourth-order valence-electron chi connectivity index (χ4n) is 19.4. The van der Waals surface area contributed by atoms with Gasteiger partial charge in [0.15, 0.2) is 0 Å². The normalized spacial score (nSPS) is 19.0. The molecular formula is C125H206N10OS. The second kappa shape index (κ2) is 55.5. The van der Waals surface area contributed by atoms with E-state index in [0.717, 1.165) is 75.0 Å². The van der Waals surface area contributed by atoms with Crippen molar-refractivity contribution in [2.24, 2.45) is 50.2 Å². The van der Waals surface area contributed by atoms with Crippen molar-refractivity contribution in [2.75, 3.05) is 52.4 Å². The zero-order valence-electron chi connectivity index (χ0n) is 94.6. The molecule has 6 fully saturated rings. The molecule has 4 aliphatic carbocycles. The molecule has 4 saturated heterocycles. The molecule has 1 spiro atoms. The summed E-state index contributed by atoms with van der Waals surface area (Å²) in [5.41, 5.74) is 14.7. The number of nitrogens with one attached hydrogen (secondary N) is 2. The molecule has 9 aliphatic rings. The number of aryl methyl sites for hydroxylation is 2. The summed E-state index contributed by atoms with van der Waals surface area (Å²) in [7, 11) is 0. The lowest BCUT2D eigenvalue weighted by molar-refractivity contribution is -0.134. The zero-order chi connectivity index (χ0) is 102. The number of amides is 1. The lowest BCUT2D eigenvalue weighted by Crippen LogP contribution is -2.58. The molecule has 2 saturated carbocycles. The van der Waals surface area contributed by atoms with Crippen LogP contribution in [0.1, 0.15) is 420 Å². The van der Waals surface area contributed by atoms with Gasteiger partial charge in [-0.15, -0.1) is 11.3 Å². The molecule has 2 N–H and O–H groups in total. The number of allylic oxidation sites excluding steroid dienone is 2. The summed E-state index contributed by atoms with van der Waals surface area (Å²) in [6, 6.07) is 42.1. The number of piperidine rings is 4. The number of pyridine rings is 2. The van der Waals surface area contributed by atoms with E-state index >= 15 is 0 Å². The minimum absolute atomic E-state index is 0.133. The van der Waals surface area contributed by atoms with Crippen LogP contribution in [0.5, 0.6) is 0 Å². The number of aromatic nitrogens is 4. The first kappa shape index (κ1) is 119. The number of fused-ring (bicyclic) bond motifs is 4. The minimum Gasteiger partial charge on any atom is -0.349 e. The van der Waals surface area contributed by atoms with Crippen LogP contribution in [0.4, 0.5) is 0 Å². The highest BCUT2D eigenvalue weighted by atomic mass is 32.1. The van der Waals surface area contributed by atoms with Crippen LogP contribution in [-0.4, -0.2) is 125 Å². The topological polar surface area (TPSA) is 97.7 Å². The first-order valence-corrected chi connectivity index (χ1v) is 55.2. The van der Waals surface area contributed by atoms with E-state index in [-0.39, 0.29) is 27.2 Å². The summed E-state index contributed by atoms with van der Waals surface area (Å²) in [6.07, 6.45) is 45.0. The highest BCUT2D eigenvalue weighted by molar-refractivity contribution is 7.12. The Morgan fingerprint density at radius 2 is 1.02 bits per heavy atom. The van der Waals surface area contributed by atoms with Crippen molar-refractivity contribution in [3.8, 4) is 11.8 Å². The Kier molecular flexibility index (Phi) is 48.4. The van der Waals surface area contributed by atoms with Crippen molar-refractivity contribution >= 4 is 28.1 Å². The second-order valence-electron chi connectivity index (χ2n) is 53.3. The molecule has 7 aromatic rings. The summed E-state index contributed by atoms with van der Waals surface area (Å²) < 4.78 is 2.35. The van der Waals surface area contributed by atoms with Gasteiger partial charge in [0.05, 0.1) is 21.9 Å². The fourth-order valence-corrected chi connectivity index (χ4v) is 20.6. The van der Waals surface area contributed by atoms with Crippen LogP contribution in [0, 0.1) is 62.1 Å².